The summed E-state index contributed by atoms with van der Waals surface area (Å²) in [6, 6.07) is 13.7. The lowest BCUT2D eigenvalue weighted by atomic mass is 10.2. The third-order valence-corrected chi connectivity index (χ3v) is 4.50. The molecule has 1 heterocycles. The minimum absolute atomic E-state index is 0.0686. The third kappa shape index (κ3) is 3.61. The van der Waals surface area contributed by atoms with Gasteiger partial charge in [0.25, 0.3) is 0 Å². The van der Waals surface area contributed by atoms with E-state index in [2.05, 4.69) is 10.3 Å². The average Bonchev–Trinajstić information content (AvgIpc) is 3.03. The van der Waals surface area contributed by atoms with Crippen molar-refractivity contribution in [2.75, 3.05) is 25.6 Å². The van der Waals surface area contributed by atoms with Gasteiger partial charge in [0.15, 0.2) is 0 Å². The summed E-state index contributed by atoms with van der Waals surface area (Å²) >= 11 is 1.59. The highest BCUT2D eigenvalue weighted by molar-refractivity contribution is 7.21. The van der Waals surface area contributed by atoms with Crippen LogP contribution in [0.25, 0.3) is 20.8 Å². The van der Waals surface area contributed by atoms with Crippen LogP contribution in [-0.4, -0.2) is 41.6 Å². The Kier molecular flexibility index (Phi) is 4.76. The van der Waals surface area contributed by atoms with Crippen molar-refractivity contribution in [3.8, 4) is 16.3 Å². The van der Waals surface area contributed by atoms with E-state index in [-0.39, 0.29) is 13.2 Å². The topological polar surface area (TPSA) is 74.6 Å². The highest BCUT2D eigenvalue weighted by Gasteiger charge is 2.09. The molecule has 1 atom stereocenters. The largest absolute Gasteiger partial charge is 0.491 e. The molecule has 0 aliphatic carbocycles. The van der Waals surface area contributed by atoms with Crippen LogP contribution in [0.5, 0.6) is 5.75 Å². The van der Waals surface area contributed by atoms with Crippen molar-refractivity contribution in [2.45, 2.75) is 6.10 Å². The van der Waals surface area contributed by atoms with Gasteiger partial charge in [0.05, 0.1) is 16.8 Å². The molecule has 0 fully saturated rings. The molecule has 0 bridgehead atoms. The molecule has 0 unspecified atom stereocenters. The van der Waals surface area contributed by atoms with Gasteiger partial charge in [-0.05, 0) is 42.5 Å². The molecule has 2 aromatic carbocycles. The maximum Gasteiger partial charge on any atom is 0.124 e. The van der Waals surface area contributed by atoms with E-state index >= 15 is 0 Å². The third-order valence-electron chi connectivity index (χ3n) is 3.43. The molecule has 0 saturated carbocycles. The van der Waals surface area contributed by atoms with Gasteiger partial charge in [0.2, 0.25) is 0 Å². The number of fused-ring (bicyclic) bond motifs is 1. The van der Waals surface area contributed by atoms with Crippen molar-refractivity contribution in [3.63, 3.8) is 0 Å². The first kappa shape index (κ1) is 15.7. The first-order valence-corrected chi connectivity index (χ1v) is 8.12. The van der Waals surface area contributed by atoms with E-state index in [9.17, 15) is 5.11 Å². The fourth-order valence-electron chi connectivity index (χ4n) is 2.14. The molecule has 3 N–H and O–H groups in total. The monoisotopic (exact) mass is 330 g/mol. The number of anilines is 1. The zero-order chi connectivity index (χ0) is 16.2. The molecule has 3 rings (SSSR count). The Bertz CT molecular complexity index is 786. The molecular formula is C17H18N2O3S. The summed E-state index contributed by atoms with van der Waals surface area (Å²) in [5, 5.41) is 22.2. The van der Waals surface area contributed by atoms with Crippen LogP contribution in [-0.2, 0) is 0 Å². The Morgan fingerprint density at radius 3 is 2.70 bits per heavy atom. The van der Waals surface area contributed by atoms with Crippen molar-refractivity contribution in [1.29, 1.82) is 0 Å². The van der Waals surface area contributed by atoms with Gasteiger partial charge in [-0.1, -0.05) is 0 Å². The Hall–Kier alpha value is -2.15. The molecule has 0 spiro atoms. The average molecular weight is 330 g/mol. The van der Waals surface area contributed by atoms with Crippen LogP contribution in [0.15, 0.2) is 42.5 Å². The normalized spacial score (nSPS) is 12.3. The zero-order valence-corrected chi connectivity index (χ0v) is 13.5. The van der Waals surface area contributed by atoms with Crippen LogP contribution in [0.3, 0.4) is 0 Å². The number of aromatic nitrogens is 1. The van der Waals surface area contributed by atoms with Gasteiger partial charge >= 0.3 is 0 Å². The minimum Gasteiger partial charge on any atom is -0.491 e. The first-order valence-electron chi connectivity index (χ1n) is 7.30. The molecule has 0 saturated heterocycles. The Balaban J connectivity index is 1.83. The number of aliphatic hydroxyl groups is 2. The van der Waals surface area contributed by atoms with Crippen LogP contribution in [0.2, 0.25) is 0 Å². The second kappa shape index (κ2) is 6.95. The van der Waals surface area contributed by atoms with Crippen LogP contribution in [0, 0.1) is 0 Å². The van der Waals surface area contributed by atoms with Gasteiger partial charge in [0.1, 0.15) is 23.5 Å². The van der Waals surface area contributed by atoms with Crippen molar-refractivity contribution in [2.24, 2.45) is 0 Å². The summed E-state index contributed by atoms with van der Waals surface area (Å²) in [5.41, 5.74) is 3.05. The number of thiazole rings is 1. The molecule has 6 heteroatoms. The van der Waals surface area contributed by atoms with Crippen molar-refractivity contribution >= 4 is 27.2 Å². The molecule has 0 aliphatic rings. The molecule has 0 aliphatic heterocycles. The lowest BCUT2D eigenvalue weighted by Gasteiger charge is -2.09. The molecule has 1 aromatic heterocycles. The number of hydrogen-bond donors (Lipinski definition) is 3. The number of aliphatic hydroxyl groups excluding tert-OH is 2. The fraction of sp³-hybridized carbons (Fsp3) is 0.235. The number of nitrogens with zero attached hydrogens (tertiary/aromatic N) is 1. The van der Waals surface area contributed by atoms with E-state index in [1.807, 2.05) is 49.5 Å². The van der Waals surface area contributed by atoms with E-state index in [4.69, 9.17) is 9.84 Å². The maximum absolute atomic E-state index is 9.34. The van der Waals surface area contributed by atoms with Crippen molar-refractivity contribution < 1.29 is 14.9 Å². The quantitative estimate of drug-likeness (QED) is 0.648. The summed E-state index contributed by atoms with van der Waals surface area (Å²) in [6.07, 6.45) is -0.867. The van der Waals surface area contributed by atoms with E-state index in [1.165, 1.54) is 0 Å². The van der Waals surface area contributed by atoms with E-state index in [0.717, 1.165) is 26.5 Å². The molecular weight excluding hydrogens is 312 g/mol. The molecule has 120 valence electrons. The van der Waals surface area contributed by atoms with E-state index < -0.39 is 6.10 Å². The van der Waals surface area contributed by atoms with Crippen LogP contribution >= 0.6 is 11.3 Å². The van der Waals surface area contributed by atoms with E-state index in [1.54, 1.807) is 11.3 Å². The molecule has 5 nitrogen and oxygen atoms in total. The second-order valence-corrected chi connectivity index (χ2v) is 6.15. The Labute approximate surface area is 138 Å². The van der Waals surface area contributed by atoms with Gasteiger partial charge < -0.3 is 20.3 Å². The van der Waals surface area contributed by atoms with E-state index in [0.29, 0.717) is 5.75 Å². The number of rotatable bonds is 6. The number of hydrogen-bond acceptors (Lipinski definition) is 6. The first-order chi connectivity index (χ1) is 11.2. The summed E-state index contributed by atoms with van der Waals surface area (Å²) in [7, 11) is 1.89. The Morgan fingerprint density at radius 2 is 2.00 bits per heavy atom. The van der Waals surface area contributed by atoms with Crippen molar-refractivity contribution in [1.82, 2.24) is 4.98 Å². The number of ether oxygens (including phenoxy) is 1. The van der Waals surface area contributed by atoms with Gasteiger partial charge in [-0.15, -0.1) is 11.3 Å². The molecule has 23 heavy (non-hydrogen) atoms. The second-order valence-electron chi connectivity index (χ2n) is 5.12. The van der Waals surface area contributed by atoms with Gasteiger partial charge in [0, 0.05) is 18.3 Å². The fourth-order valence-corrected chi connectivity index (χ4v) is 3.14. The predicted octanol–water partition coefficient (Wildman–Crippen LogP) is 2.74. The van der Waals surface area contributed by atoms with Crippen LogP contribution in [0.4, 0.5) is 5.69 Å². The van der Waals surface area contributed by atoms with Crippen LogP contribution < -0.4 is 10.1 Å². The summed E-state index contributed by atoms with van der Waals surface area (Å²) in [5.74, 6) is 0.658. The smallest absolute Gasteiger partial charge is 0.124 e. The minimum atomic E-state index is -0.867. The summed E-state index contributed by atoms with van der Waals surface area (Å²) < 4.78 is 6.49. The zero-order valence-electron chi connectivity index (χ0n) is 12.7. The lowest BCUT2D eigenvalue weighted by Crippen LogP contribution is -2.21. The lowest BCUT2D eigenvalue weighted by molar-refractivity contribution is 0.0536. The predicted molar refractivity (Wildman–Crippen MR) is 93.2 cm³/mol. The number of benzene rings is 2. The van der Waals surface area contributed by atoms with Crippen molar-refractivity contribution in [3.05, 3.63) is 42.5 Å². The number of nitrogens with one attached hydrogen (secondary N) is 1. The highest BCUT2D eigenvalue weighted by atomic mass is 32.1. The maximum atomic E-state index is 9.34. The van der Waals surface area contributed by atoms with Crippen LogP contribution in [0.1, 0.15) is 0 Å². The molecule has 3 aromatic rings. The molecule has 0 radical (unpaired) electrons. The Morgan fingerprint density at radius 1 is 1.22 bits per heavy atom. The standard InChI is InChI=1S/C17H18N2O3S/c1-18-12-4-2-11(3-5-12)17-19-15-7-6-14(8-16(15)23-17)22-10-13(21)9-20/h2-8,13,18,20-21H,9-10H2,1H3/t13-/m0/s1. The highest BCUT2D eigenvalue weighted by Crippen LogP contribution is 2.32. The van der Waals surface area contributed by atoms with Gasteiger partial charge in [-0.25, -0.2) is 4.98 Å². The van der Waals surface area contributed by atoms with Gasteiger partial charge in [-0.2, -0.15) is 0 Å². The van der Waals surface area contributed by atoms with Gasteiger partial charge in [-0.3, -0.25) is 0 Å². The summed E-state index contributed by atoms with van der Waals surface area (Å²) in [6.45, 7) is -0.241. The molecule has 0 amide bonds. The summed E-state index contributed by atoms with van der Waals surface area (Å²) in [4.78, 5) is 4.64. The SMILES string of the molecule is CNc1ccc(-c2nc3ccc(OC[C@@H](O)CO)cc3s2)cc1.